The van der Waals surface area contributed by atoms with Crippen LogP contribution in [0.3, 0.4) is 0 Å². The van der Waals surface area contributed by atoms with Gasteiger partial charge in [-0.25, -0.2) is 4.39 Å². The number of hydrogen-bond donors (Lipinski definition) is 1. The number of oxime groups is 1. The number of benzene rings is 2. The highest BCUT2D eigenvalue weighted by Crippen LogP contribution is 2.51. The Hall–Kier alpha value is -1.52. The first-order chi connectivity index (χ1) is 15.3. The zero-order chi connectivity index (χ0) is 24.9. The Balaban J connectivity index is 0.00000149. The van der Waals surface area contributed by atoms with Gasteiger partial charge in [0.05, 0.1) is 32.8 Å². The molecule has 0 aliphatic carbocycles. The lowest BCUT2D eigenvalue weighted by atomic mass is 9.76. The molecule has 2 aromatic rings. The van der Waals surface area contributed by atoms with E-state index in [1.807, 2.05) is 13.8 Å². The molecule has 0 saturated carbocycles. The Morgan fingerprint density at radius 2 is 1.67 bits per heavy atom. The SMILES string of the molecule is CC.CC1(C)OB(O)c2ccc(C3=NOC(c4cc(Cl)c(Cl)c(Cl)c4)(C(F)(F)F)C3)c(F)c21. The smallest absolute Gasteiger partial charge is 0.423 e. The Kier molecular flexibility index (Phi) is 7.06. The van der Waals surface area contributed by atoms with Crippen molar-refractivity contribution in [1.29, 1.82) is 0 Å². The average molecular weight is 527 g/mol. The summed E-state index contributed by atoms with van der Waals surface area (Å²) in [5.41, 5.74) is -4.76. The van der Waals surface area contributed by atoms with E-state index in [-0.39, 0.29) is 37.4 Å². The van der Waals surface area contributed by atoms with Gasteiger partial charge in [-0.3, -0.25) is 0 Å². The van der Waals surface area contributed by atoms with Gasteiger partial charge in [0.15, 0.2) is 0 Å². The maximum absolute atomic E-state index is 15.4. The highest BCUT2D eigenvalue weighted by Gasteiger charge is 2.63. The van der Waals surface area contributed by atoms with Crippen LogP contribution in [0.1, 0.15) is 50.8 Å². The molecule has 0 amide bonds. The molecule has 33 heavy (non-hydrogen) atoms. The van der Waals surface area contributed by atoms with E-state index in [1.165, 1.54) is 12.1 Å². The van der Waals surface area contributed by atoms with Crippen molar-refractivity contribution in [3.63, 3.8) is 0 Å². The quantitative estimate of drug-likeness (QED) is 0.282. The molecule has 0 spiro atoms. The third-order valence-corrected chi connectivity index (χ3v) is 6.59. The van der Waals surface area contributed by atoms with Crippen molar-refractivity contribution in [2.24, 2.45) is 5.16 Å². The van der Waals surface area contributed by atoms with Gasteiger partial charge in [0.25, 0.3) is 5.60 Å². The van der Waals surface area contributed by atoms with Crippen LogP contribution in [0, 0.1) is 5.82 Å². The third kappa shape index (κ3) is 4.23. The van der Waals surface area contributed by atoms with E-state index in [1.54, 1.807) is 13.8 Å². The Labute approximate surface area is 203 Å². The maximum Gasteiger partial charge on any atom is 0.492 e. The Morgan fingerprint density at radius 1 is 1.09 bits per heavy atom. The molecule has 2 aliphatic rings. The van der Waals surface area contributed by atoms with Crippen molar-refractivity contribution in [3.05, 3.63) is 61.8 Å². The standard InChI is InChI=1S/C19H13BCl3F4NO3.C2H6/c1-17(2)14-10(20(29)30-17)4-3-9(16(14)24)13-7-18(31-28-13,19(25,26)27)8-5-11(21)15(23)12(22)6-8;1-2/h3-6,29H,7H2,1-2H3;1-2H3. The van der Waals surface area contributed by atoms with Crippen molar-refractivity contribution < 1.29 is 32.1 Å². The minimum Gasteiger partial charge on any atom is -0.423 e. The molecule has 0 radical (unpaired) electrons. The van der Waals surface area contributed by atoms with Crippen molar-refractivity contribution in [1.82, 2.24) is 0 Å². The van der Waals surface area contributed by atoms with E-state index in [9.17, 15) is 18.2 Å². The average Bonchev–Trinajstić information content (AvgIpc) is 3.27. The Morgan fingerprint density at radius 3 is 2.21 bits per heavy atom. The summed E-state index contributed by atoms with van der Waals surface area (Å²) in [6, 6.07) is 4.61. The number of hydrogen-bond acceptors (Lipinski definition) is 4. The predicted octanol–water partition coefficient (Wildman–Crippen LogP) is 6.35. The van der Waals surface area contributed by atoms with Crippen molar-refractivity contribution in [2.75, 3.05) is 0 Å². The van der Waals surface area contributed by atoms with E-state index in [0.29, 0.717) is 0 Å². The molecule has 1 unspecified atom stereocenters. The first kappa shape index (κ1) is 26.1. The van der Waals surface area contributed by atoms with Gasteiger partial charge in [0.1, 0.15) is 5.82 Å². The molecule has 0 bridgehead atoms. The number of rotatable bonds is 2. The highest BCUT2D eigenvalue weighted by atomic mass is 35.5. The lowest BCUT2D eigenvalue weighted by Gasteiger charge is -2.30. The van der Waals surface area contributed by atoms with Crippen LogP contribution in [0.2, 0.25) is 15.1 Å². The number of nitrogens with zero attached hydrogens (tertiary/aromatic N) is 1. The lowest BCUT2D eigenvalue weighted by molar-refractivity contribution is -0.275. The number of alkyl halides is 3. The van der Waals surface area contributed by atoms with Gasteiger partial charge in [-0.15, -0.1) is 0 Å². The highest BCUT2D eigenvalue weighted by molar-refractivity contribution is 6.62. The van der Waals surface area contributed by atoms with E-state index in [4.69, 9.17) is 44.3 Å². The summed E-state index contributed by atoms with van der Waals surface area (Å²) >= 11 is 17.7. The van der Waals surface area contributed by atoms with Gasteiger partial charge in [-0.1, -0.05) is 65.9 Å². The maximum atomic E-state index is 15.4. The predicted molar refractivity (Wildman–Crippen MR) is 121 cm³/mol. The number of halogens is 7. The van der Waals surface area contributed by atoms with Crippen molar-refractivity contribution >= 4 is 53.1 Å². The van der Waals surface area contributed by atoms with Crippen molar-refractivity contribution in [3.8, 4) is 0 Å². The van der Waals surface area contributed by atoms with Crippen LogP contribution in [0.15, 0.2) is 29.4 Å². The molecule has 0 saturated heterocycles. The fraction of sp³-hybridized carbons (Fsp3) is 0.381. The summed E-state index contributed by atoms with van der Waals surface area (Å²) < 4.78 is 63.3. The minimum absolute atomic E-state index is 0.0438. The van der Waals surface area contributed by atoms with E-state index < -0.39 is 42.3 Å². The molecule has 4 nitrogen and oxygen atoms in total. The molecule has 2 heterocycles. The summed E-state index contributed by atoms with van der Waals surface area (Å²) in [5, 5.41) is 13.1. The van der Waals surface area contributed by atoms with Gasteiger partial charge >= 0.3 is 13.3 Å². The molecular weight excluding hydrogens is 507 g/mol. The second kappa shape index (κ2) is 8.93. The van der Waals surface area contributed by atoms with Crippen LogP contribution in [0.5, 0.6) is 0 Å². The summed E-state index contributed by atoms with van der Waals surface area (Å²) in [4.78, 5) is 4.91. The first-order valence-electron chi connectivity index (χ1n) is 9.94. The molecule has 178 valence electrons. The van der Waals surface area contributed by atoms with Crippen LogP contribution in [0.25, 0.3) is 0 Å². The molecule has 0 aromatic heterocycles. The van der Waals surface area contributed by atoms with Crippen LogP contribution in [-0.4, -0.2) is 24.0 Å². The largest absolute Gasteiger partial charge is 0.492 e. The van der Waals surface area contributed by atoms with Gasteiger partial charge < -0.3 is 14.5 Å². The minimum atomic E-state index is -4.94. The third-order valence-electron chi connectivity index (χ3n) is 5.40. The zero-order valence-electron chi connectivity index (χ0n) is 18.0. The molecule has 2 aromatic carbocycles. The molecule has 1 N–H and O–H groups in total. The summed E-state index contributed by atoms with van der Waals surface area (Å²) in [6.07, 6.45) is -5.77. The molecule has 1 atom stereocenters. The van der Waals surface area contributed by atoms with Crippen molar-refractivity contribution in [2.45, 2.75) is 51.5 Å². The van der Waals surface area contributed by atoms with E-state index >= 15 is 4.39 Å². The van der Waals surface area contributed by atoms with Crippen LogP contribution in [-0.2, 0) is 20.7 Å². The lowest BCUT2D eigenvalue weighted by Crippen LogP contribution is -2.42. The van der Waals surface area contributed by atoms with E-state index in [2.05, 4.69) is 5.16 Å². The molecule has 4 rings (SSSR count). The van der Waals surface area contributed by atoms with Gasteiger partial charge in [-0.05, 0) is 31.4 Å². The fourth-order valence-corrected chi connectivity index (χ4v) is 4.47. The van der Waals surface area contributed by atoms with Crippen LogP contribution >= 0.6 is 34.8 Å². The first-order valence-corrected chi connectivity index (χ1v) is 11.1. The van der Waals surface area contributed by atoms with Crippen LogP contribution < -0.4 is 5.46 Å². The van der Waals surface area contributed by atoms with Gasteiger partial charge in [0.2, 0.25) is 0 Å². The second-order valence-electron chi connectivity index (χ2n) is 7.76. The van der Waals surface area contributed by atoms with Gasteiger partial charge in [0, 0.05) is 16.7 Å². The normalized spacial score (nSPS) is 21.2. The molecule has 2 aliphatic heterocycles. The number of fused-ring (bicyclic) bond motifs is 1. The summed E-state index contributed by atoms with van der Waals surface area (Å²) in [5.74, 6) is -0.841. The Bertz CT molecular complexity index is 1100. The van der Waals surface area contributed by atoms with Gasteiger partial charge in [-0.2, -0.15) is 13.2 Å². The molecule has 0 fully saturated rings. The second-order valence-corrected chi connectivity index (χ2v) is 8.95. The fourth-order valence-electron chi connectivity index (χ4n) is 3.87. The topological polar surface area (TPSA) is 51.0 Å². The summed E-state index contributed by atoms with van der Waals surface area (Å²) in [7, 11) is -1.34. The molecular formula is C21H19BCl3F4NO3. The van der Waals surface area contributed by atoms with Crippen LogP contribution in [0.4, 0.5) is 17.6 Å². The monoisotopic (exact) mass is 525 g/mol. The zero-order valence-corrected chi connectivity index (χ0v) is 20.2. The van der Waals surface area contributed by atoms with E-state index in [0.717, 1.165) is 12.1 Å². The molecule has 12 heteroatoms. The summed E-state index contributed by atoms with van der Waals surface area (Å²) in [6.45, 7) is 7.08.